The summed E-state index contributed by atoms with van der Waals surface area (Å²) in [5.41, 5.74) is 0.140. The van der Waals surface area contributed by atoms with Crippen LogP contribution in [-0.4, -0.2) is 9.97 Å². The van der Waals surface area contributed by atoms with E-state index < -0.39 is 11.7 Å². The lowest BCUT2D eigenvalue weighted by Gasteiger charge is -2.10. The van der Waals surface area contributed by atoms with E-state index in [0.717, 1.165) is 17.8 Å². The summed E-state index contributed by atoms with van der Waals surface area (Å²) in [6, 6.07) is 1.67. The second kappa shape index (κ2) is 4.48. The molecule has 1 aromatic carbocycles. The van der Waals surface area contributed by atoms with Crippen LogP contribution in [-0.2, 0) is 6.18 Å². The number of nitrogens with zero attached hydrogens (tertiary/aromatic N) is 1. The Kier molecular flexibility index (Phi) is 3.29. The largest absolute Gasteiger partial charge is 0.416 e. The van der Waals surface area contributed by atoms with Gasteiger partial charge in [0.2, 0.25) is 0 Å². The van der Waals surface area contributed by atoms with Gasteiger partial charge in [-0.1, -0.05) is 23.2 Å². The van der Waals surface area contributed by atoms with Crippen LogP contribution in [0.1, 0.15) is 11.3 Å². The molecule has 0 atom stereocenters. The highest BCUT2D eigenvalue weighted by Crippen LogP contribution is 2.39. The van der Waals surface area contributed by atoms with Gasteiger partial charge >= 0.3 is 6.18 Å². The molecule has 7 heteroatoms. The molecule has 2 aromatic rings. The summed E-state index contributed by atoms with van der Waals surface area (Å²) >= 11 is 11.7. The fraction of sp³-hybridized carbons (Fsp3) is 0.182. The number of hydrogen-bond donors (Lipinski definition) is 1. The molecule has 0 aliphatic carbocycles. The summed E-state index contributed by atoms with van der Waals surface area (Å²) in [5, 5.41) is -0.187. The molecule has 1 N–H and O–H groups in total. The van der Waals surface area contributed by atoms with Gasteiger partial charge in [0.05, 0.1) is 21.2 Å². The maximum absolute atomic E-state index is 12.5. The number of alkyl halides is 3. The quantitative estimate of drug-likeness (QED) is 0.811. The van der Waals surface area contributed by atoms with Crippen LogP contribution >= 0.6 is 23.2 Å². The molecule has 0 unspecified atom stereocenters. The number of benzene rings is 1. The average molecular weight is 295 g/mol. The van der Waals surface area contributed by atoms with Gasteiger partial charge in [0, 0.05) is 11.9 Å². The van der Waals surface area contributed by atoms with Crippen molar-refractivity contribution < 1.29 is 13.2 Å². The smallest absolute Gasteiger partial charge is 0.342 e. The number of nitrogens with one attached hydrogen (secondary N) is 1. The molecule has 96 valence electrons. The monoisotopic (exact) mass is 294 g/mol. The third-order valence-corrected chi connectivity index (χ3v) is 2.91. The molecular weight excluding hydrogens is 288 g/mol. The van der Waals surface area contributed by atoms with Crippen LogP contribution in [0.4, 0.5) is 13.2 Å². The fourth-order valence-electron chi connectivity index (χ4n) is 1.50. The SMILES string of the molecule is Cc1cnc(-c2c(Cl)cc(C(F)(F)F)cc2Cl)[nH]1. The maximum atomic E-state index is 12.5. The zero-order valence-corrected chi connectivity index (χ0v) is 10.6. The molecule has 0 bridgehead atoms. The number of aromatic nitrogens is 2. The number of rotatable bonds is 1. The minimum absolute atomic E-state index is 0.0934. The summed E-state index contributed by atoms with van der Waals surface area (Å²) in [6.07, 6.45) is -2.94. The lowest BCUT2D eigenvalue weighted by Crippen LogP contribution is -2.05. The topological polar surface area (TPSA) is 28.7 Å². The maximum Gasteiger partial charge on any atom is 0.416 e. The highest BCUT2D eigenvalue weighted by molar-refractivity contribution is 6.39. The summed E-state index contributed by atoms with van der Waals surface area (Å²) < 4.78 is 37.6. The summed E-state index contributed by atoms with van der Waals surface area (Å²) in [5.74, 6) is 0.344. The van der Waals surface area contributed by atoms with Crippen molar-refractivity contribution in [1.82, 2.24) is 9.97 Å². The molecule has 2 nitrogen and oxygen atoms in total. The van der Waals surface area contributed by atoms with Gasteiger partial charge in [-0.15, -0.1) is 0 Å². The van der Waals surface area contributed by atoms with Crippen molar-refractivity contribution in [1.29, 1.82) is 0 Å². The van der Waals surface area contributed by atoms with E-state index in [-0.39, 0.29) is 15.6 Å². The minimum atomic E-state index is -4.48. The molecule has 18 heavy (non-hydrogen) atoms. The van der Waals surface area contributed by atoms with E-state index in [1.54, 1.807) is 13.1 Å². The lowest BCUT2D eigenvalue weighted by atomic mass is 10.1. The molecule has 1 heterocycles. The Balaban J connectivity index is 2.58. The zero-order valence-electron chi connectivity index (χ0n) is 9.07. The normalized spacial score (nSPS) is 11.9. The van der Waals surface area contributed by atoms with Gasteiger partial charge in [-0.2, -0.15) is 13.2 Å². The van der Waals surface area contributed by atoms with Gasteiger partial charge in [-0.05, 0) is 19.1 Å². The van der Waals surface area contributed by atoms with Gasteiger partial charge in [0.1, 0.15) is 5.82 Å². The number of halogens is 5. The third kappa shape index (κ3) is 2.47. The van der Waals surface area contributed by atoms with Crippen molar-refractivity contribution in [2.45, 2.75) is 13.1 Å². The van der Waals surface area contributed by atoms with E-state index in [0.29, 0.717) is 5.82 Å². The number of H-pyrrole nitrogens is 1. The molecule has 0 saturated carbocycles. The van der Waals surface area contributed by atoms with Crippen molar-refractivity contribution in [3.05, 3.63) is 39.6 Å². The van der Waals surface area contributed by atoms with Gasteiger partial charge in [0.15, 0.2) is 0 Å². The molecule has 0 aliphatic rings. The van der Waals surface area contributed by atoms with Crippen LogP contribution in [0, 0.1) is 6.92 Å². The molecule has 0 saturated heterocycles. The predicted molar refractivity (Wildman–Crippen MR) is 63.8 cm³/mol. The Labute approximate surface area is 111 Å². The Morgan fingerprint density at radius 3 is 2.11 bits per heavy atom. The van der Waals surface area contributed by atoms with Crippen molar-refractivity contribution in [2.75, 3.05) is 0 Å². The van der Waals surface area contributed by atoms with E-state index in [1.807, 2.05) is 0 Å². The van der Waals surface area contributed by atoms with Crippen LogP contribution in [0.3, 0.4) is 0 Å². The minimum Gasteiger partial charge on any atom is -0.342 e. The Morgan fingerprint density at radius 1 is 1.17 bits per heavy atom. The molecule has 2 rings (SSSR count). The summed E-state index contributed by atoms with van der Waals surface area (Å²) in [7, 11) is 0. The van der Waals surface area contributed by atoms with E-state index in [9.17, 15) is 13.2 Å². The molecule has 1 aromatic heterocycles. The highest BCUT2D eigenvalue weighted by Gasteiger charge is 2.32. The van der Waals surface area contributed by atoms with Crippen molar-refractivity contribution in [3.63, 3.8) is 0 Å². The first-order valence-electron chi connectivity index (χ1n) is 4.87. The molecule has 0 radical (unpaired) electrons. The average Bonchev–Trinajstić information content (AvgIpc) is 2.62. The van der Waals surface area contributed by atoms with Gasteiger partial charge in [0.25, 0.3) is 0 Å². The summed E-state index contributed by atoms with van der Waals surface area (Å²) in [4.78, 5) is 6.86. The Hall–Kier alpha value is -1.20. The first-order valence-corrected chi connectivity index (χ1v) is 5.63. The van der Waals surface area contributed by atoms with Gasteiger partial charge < -0.3 is 4.98 Å². The second-order valence-electron chi connectivity index (χ2n) is 3.73. The van der Waals surface area contributed by atoms with Crippen molar-refractivity contribution in [2.24, 2.45) is 0 Å². The van der Waals surface area contributed by atoms with Crippen LogP contribution in [0.25, 0.3) is 11.4 Å². The van der Waals surface area contributed by atoms with Crippen LogP contribution in [0.5, 0.6) is 0 Å². The van der Waals surface area contributed by atoms with E-state index in [1.165, 1.54) is 0 Å². The predicted octanol–water partition coefficient (Wildman–Crippen LogP) is 4.71. The Bertz CT molecular complexity index is 567. The van der Waals surface area contributed by atoms with Gasteiger partial charge in [-0.3, -0.25) is 0 Å². The van der Waals surface area contributed by atoms with Crippen LogP contribution < -0.4 is 0 Å². The number of hydrogen-bond acceptors (Lipinski definition) is 1. The number of imidazole rings is 1. The van der Waals surface area contributed by atoms with E-state index in [2.05, 4.69) is 9.97 Å². The highest BCUT2D eigenvalue weighted by atomic mass is 35.5. The zero-order chi connectivity index (χ0) is 13.5. The summed E-state index contributed by atoms with van der Waals surface area (Å²) in [6.45, 7) is 1.77. The molecule has 0 spiro atoms. The molecule has 0 fully saturated rings. The van der Waals surface area contributed by atoms with Gasteiger partial charge in [-0.25, -0.2) is 4.98 Å². The second-order valence-corrected chi connectivity index (χ2v) is 4.54. The van der Waals surface area contributed by atoms with Crippen molar-refractivity contribution >= 4 is 23.2 Å². The van der Waals surface area contributed by atoms with Crippen LogP contribution in [0.2, 0.25) is 10.0 Å². The van der Waals surface area contributed by atoms with E-state index >= 15 is 0 Å². The van der Waals surface area contributed by atoms with E-state index in [4.69, 9.17) is 23.2 Å². The first-order chi connectivity index (χ1) is 8.29. The lowest BCUT2D eigenvalue weighted by molar-refractivity contribution is -0.137. The fourth-order valence-corrected chi connectivity index (χ4v) is 2.17. The molecule has 0 aliphatic heterocycles. The van der Waals surface area contributed by atoms with Crippen molar-refractivity contribution in [3.8, 4) is 11.4 Å². The molecule has 0 amide bonds. The number of aryl methyl sites for hydroxylation is 1. The third-order valence-electron chi connectivity index (χ3n) is 2.31. The standard InChI is InChI=1S/C11H7Cl2F3N2/c1-5-4-17-10(18-5)9-7(12)2-6(3-8(9)13)11(14,15)16/h2-4H,1H3,(H,17,18). The first kappa shape index (κ1) is 13.2. The molecular formula is C11H7Cl2F3N2. The van der Waals surface area contributed by atoms with Crippen LogP contribution in [0.15, 0.2) is 18.3 Å². The Morgan fingerprint density at radius 2 is 1.72 bits per heavy atom. The number of aromatic amines is 1.